The molecule has 1 aromatic heterocycles. The van der Waals surface area contributed by atoms with E-state index >= 15 is 0 Å². The maximum absolute atomic E-state index is 13.0. The first-order valence-corrected chi connectivity index (χ1v) is 3.95. The SMILES string of the molecule is O=[N+]([O-])c1nc(CO)c(F)cc1OC(F)(F)F. The summed E-state index contributed by atoms with van der Waals surface area (Å²) in [5.74, 6) is -4.04. The largest absolute Gasteiger partial charge is 0.573 e. The van der Waals surface area contributed by atoms with Crippen LogP contribution in [0.25, 0.3) is 0 Å². The van der Waals surface area contributed by atoms with Crippen molar-refractivity contribution in [3.8, 4) is 5.75 Å². The lowest BCUT2D eigenvalue weighted by molar-refractivity contribution is -0.393. The maximum atomic E-state index is 13.0. The summed E-state index contributed by atoms with van der Waals surface area (Å²) in [6, 6.07) is 0.143. The number of aliphatic hydroxyl groups is 1. The standard InChI is InChI=1S/C7H4F4N2O4/c8-3-1-5(17-7(9,10)11)6(13(15)16)12-4(3)2-14/h1,14H,2H2. The van der Waals surface area contributed by atoms with E-state index in [-0.39, 0.29) is 6.07 Å². The molecule has 0 unspecified atom stereocenters. The van der Waals surface area contributed by atoms with Gasteiger partial charge in [-0.2, -0.15) is 0 Å². The molecule has 6 nitrogen and oxygen atoms in total. The lowest BCUT2D eigenvalue weighted by Gasteiger charge is -2.08. The van der Waals surface area contributed by atoms with Crippen molar-refractivity contribution in [3.63, 3.8) is 0 Å². The summed E-state index contributed by atoms with van der Waals surface area (Å²) >= 11 is 0. The topological polar surface area (TPSA) is 85.5 Å². The van der Waals surface area contributed by atoms with Crippen LogP contribution < -0.4 is 4.74 Å². The lowest BCUT2D eigenvalue weighted by Crippen LogP contribution is -2.19. The molecule has 0 aliphatic rings. The van der Waals surface area contributed by atoms with E-state index in [9.17, 15) is 27.7 Å². The number of pyridine rings is 1. The zero-order chi connectivity index (χ0) is 13.2. The first kappa shape index (κ1) is 13.1. The zero-order valence-corrected chi connectivity index (χ0v) is 7.86. The molecular formula is C7H4F4N2O4. The van der Waals surface area contributed by atoms with Crippen molar-refractivity contribution >= 4 is 5.82 Å². The average Bonchev–Trinajstić information content (AvgIpc) is 2.14. The van der Waals surface area contributed by atoms with Gasteiger partial charge in [-0.15, -0.1) is 13.2 Å². The number of ether oxygens (including phenoxy) is 1. The molecule has 0 aliphatic carbocycles. The van der Waals surface area contributed by atoms with Gasteiger partial charge in [0, 0.05) is 6.07 Å². The molecule has 0 atom stereocenters. The molecule has 1 heterocycles. The molecule has 0 aromatic carbocycles. The number of halogens is 4. The van der Waals surface area contributed by atoms with E-state index in [2.05, 4.69) is 9.72 Å². The van der Waals surface area contributed by atoms with Gasteiger partial charge >= 0.3 is 12.2 Å². The van der Waals surface area contributed by atoms with Crippen LogP contribution in [0.2, 0.25) is 0 Å². The van der Waals surface area contributed by atoms with Gasteiger partial charge < -0.3 is 20.0 Å². The Morgan fingerprint density at radius 2 is 2.12 bits per heavy atom. The van der Waals surface area contributed by atoms with Gasteiger partial charge in [0.2, 0.25) is 11.4 Å². The van der Waals surface area contributed by atoms with Gasteiger partial charge in [0.1, 0.15) is 6.61 Å². The number of nitrogens with zero attached hydrogens (tertiary/aromatic N) is 2. The van der Waals surface area contributed by atoms with Crippen molar-refractivity contribution in [2.24, 2.45) is 0 Å². The summed E-state index contributed by atoms with van der Waals surface area (Å²) in [4.78, 5) is 12.0. The minimum Gasteiger partial charge on any atom is -0.397 e. The molecule has 0 bridgehead atoms. The van der Waals surface area contributed by atoms with Crippen molar-refractivity contribution in [1.29, 1.82) is 0 Å². The van der Waals surface area contributed by atoms with Crippen LogP contribution in [-0.2, 0) is 6.61 Å². The van der Waals surface area contributed by atoms with Gasteiger partial charge in [0.15, 0.2) is 5.82 Å². The minimum absolute atomic E-state index is 0.143. The normalized spacial score (nSPS) is 11.4. The molecule has 0 aliphatic heterocycles. The molecule has 94 valence electrons. The molecule has 10 heteroatoms. The smallest absolute Gasteiger partial charge is 0.397 e. The number of nitro groups is 1. The molecule has 0 radical (unpaired) electrons. The van der Waals surface area contributed by atoms with Crippen LogP contribution >= 0.6 is 0 Å². The quantitative estimate of drug-likeness (QED) is 0.503. The van der Waals surface area contributed by atoms with Crippen molar-refractivity contribution in [1.82, 2.24) is 4.98 Å². The van der Waals surface area contributed by atoms with Crippen molar-refractivity contribution in [2.45, 2.75) is 13.0 Å². The number of rotatable bonds is 3. The van der Waals surface area contributed by atoms with Crippen LogP contribution in [-0.4, -0.2) is 21.4 Å². The van der Waals surface area contributed by atoms with Crippen LogP contribution in [0.4, 0.5) is 23.4 Å². The third-order valence-electron chi connectivity index (χ3n) is 1.54. The average molecular weight is 256 g/mol. The fourth-order valence-corrected chi connectivity index (χ4v) is 0.941. The summed E-state index contributed by atoms with van der Waals surface area (Å²) in [5.41, 5.74) is -0.744. The summed E-state index contributed by atoms with van der Waals surface area (Å²) in [6.07, 6.45) is -5.21. The van der Waals surface area contributed by atoms with Crippen LogP contribution in [0.15, 0.2) is 6.07 Å². The Labute approximate surface area is 90.6 Å². The highest BCUT2D eigenvalue weighted by Crippen LogP contribution is 2.31. The number of aliphatic hydroxyl groups excluding tert-OH is 1. The molecule has 17 heavy (non-hydrogen) atoms. The van der Waals surface area contributed by atoms with Gasteiger partial charge in [-0.1, -0.05) is 0 Å². The second kappa shape index (κ2) is 4.49. The summed E-state index contributed by atoms with van der Waals surface area (Å²) in [7, 11) is 0. The third-order valence-corrected chi connectivity index (χ3v) is 1.54. The van der Waals surface area contributed by atoms with Crippen molar-refractivity contribution in [2.75, 3.05) is 0 Å². The molecule has 0 spiro atoms. The van der Waals surface area contributed by atoms with Gasteiger partial charge in [0.25, 0.3) is 0 Å². The second-order valence-corrected chi connectivity index (χ2v) is 2.70. The van der Waals surface area contributed by atoms with Gasteiger partial charge in [-0.3, -0.25) is 0 Å². The molecular weight excluding hydrogens is 252 g/mol. The van der Waals surface area contributed by atoms with E-state index in [0.717, 1.165) is 0 Å². The van der Waals surface area contributed by atoms with Crippen molar-refractivity contribution in [3.05, 3.63) is 27.7 Å². The Bertz CT molecular complexity index is 448. The maximum Gasteiger partial charge on any atom is 0.573 e. The Kier molecular flexibility index (Phi) is 3.46. The highest BCUT2D eigenvalue weighted by molar-refractivity contribution is 5.41. The van der Waals surface area contributed by atoms with Crippen molar-refractivity contribution < 1.29 is 32.3 Å². The monoisotopic (exact) mass is 256 g/mol. The summed E-state index contributed by atoms with van der Waals surface area (Å²) in [6.45, 7) is -0.987. The summed E-state index contributed by atoms with van der Waals surface area (Å²) in [5, 5.41) is 18.9. The number of hydrogen-bond acceptors (Lipinski definition) is 5. The minimum atomic E-state index is -5.21. The number of hydrogen-bond donors (Lipinski definition) is 1. The molecule has 0 fully saturated rings. The third kappa shape index (κ3) is 3.24. The van der Waals surface area contributed by atoms with E-state index in [1.807, 2.05) is 0 Å². The van der Waals surface area contributed by atoms with Crippen LogP contribution in [0.3, 0.4) is 0 Å². The van der Waals surface area contributed by atoms with Gasteiger partial charge in [-0.25, -0.2) is 4.39 Å². The van der Waals surface area contributed by atoms with E-state index < -0.39 is 41.0 Å². The molecule has 1 N–H and O–H groups in total. The van der Waals surface area contributed by atoms with Gasteiger partial charge in [-0.05, 0) is 9.91 Å². The zero-order valence-electron chi connectivity index (χ0n) is 7.86. The number of alkyl halides is 3. The van der Waals surface area contributed by atoms with Gasteiger partial charge in [0.05, 0.1) is 0 Å². The predicted octanol–water partition coefficient (Wildman–Crippen LogP) is 1.52. The second-order valence-electron chi connectivity index (χ2n) is 2.70. The first-order valence-electron chi connectivity index (χ1n) is 3.95. The summed E-state index contributed by atoms with van der Waals surface area (Å²) < 4.78 is 51.8. The van der Waals surface area contributed by atoms with Crippen LogP contribution in [0.1, 0.15) is 5.69 Å². The van der Waals surface area contributed by atoms with E-state index in [1.54, 1.807) is 0 Å². The van der Waals surface area contributed by atoms with Crippen LogP contribution in [0.5, 0.6) is 5.75 Å². The Hall–Kier alpha value is -1.97. The molecule has 1 rings (SSSR count). The Balaban J connectivity index is 3.28. The molecule has 0 saturated carbocycles. The first-order chi connectivity index (χ1) is 7.74. The number of aromatic nitrogens is 1. The molecule has 0 saturated heterocycles. The van der Waals surface area contributed by atoms with E-state index in [0.29, 0.717) is 0 Å². The Morgan fingerprint density at radius 1 is 1.53 bits per heavy atom. The highest BCUT2D eigenvalue weighted by Gasteiger charge is 2.36. The molecule has 0 amide bonds. The van der Waals surface area contributed by atoms with E-state index in [1.165, 1.54) is 0 Å². The lowest BCUT2D eigenvalue weighted by atomic mass is 10.3. The molecule has 1 aromatic rings. The predicted molar refractivity (Wildman–Crippen MR) is 43.5 cm³/mol. The fourth-order valence-electron chi connectivity index (χ4n) is 0.941. The van der Waals surface area contributed by atoms with E-state index in [4.69, 9.17) is 5.11 Å². The van der Waals surface area contributed by atoms with Crippen LogP contribution in [0, 0.1) is 15.9 Å². The fraction of sp³-hybridized carbons (Fsp3) is 0.286. The Morgan fingerprint density at radius 3 is 2.53 bits per heavy atom. The highest BCUT2D eigenvalue weighted by atomic mass is 19.4.